The molecular weight excluding hydrogens is 326 g/mol. The van der Waals surface area contributed by atoms with Gasteiger partial charge >= 0.3 is 12.1 Å². The maximum atomic E-state index is 12.4. The Morgan fingerprint density at radius 1 is 1.29 bits per heavy atom. The van der Waals surface area contributed by atoms with E-state index in [4.69, 9.17) is 4.74 Å². The summed E-state index contributed by atoms with van der Waals surface area (Å²) in [6.07, 6.45) is 5.33. The van der Waals surface area contributed by atoms with E-state index >= 15 is 0 Å². The van der Waals surface area contributed by atoms with Gasteiger partial charge in [0.15, 0.2) is 0 Å². The second-order valence-electron chi connectivity index (χ2n) is 7.79. The van der Waals surface area contributed by atoms with Crippen molar-refractivity contribution in [2.45, 2.75) is 64.3 Å². The van der Waals surface area contributed by atoms with Crippen LogP contribution >= 0.6 is 11.3 Å². The number of amides is 1. The molecule has 0 spiro atoms. The van der Waals surface area contributed by atoms with Crippen molar-refractivity contribution in [3.8, 4) is 0 Å². The predicted octanol–water partition coefficient (Wildman–Crippen LogP) is 4.65. The third kappa shape index (κ3) is 3.16. The fraction of sp³-hybridized carbons (Fsp3) is 0.667. The molecule has 6 heteroatoms. The van der Waals surface area contributed by atoms with Crippen molar-refractivity contribution < 1.29 is 19.4 Å². The molecule has 0 unspecified atom stereocenters. The Balaban J connectivity index is 1.99. The number of nitrogens with zero attached hydrogens (tertiary/aromatic N) is 1. The van der Waals surface area contributed by atoms with Crippen LogP contribution in [0, 0.1) is 5.92 Å². The second kappa shape index (κ2) is 6.39. The Labute approximate surface area is 146 Å². The normalized spacial score (nSPS) is 22.7. The zero-order valence-corrected chi connectivity index (χ0v) is 15.3. The number of thiophene rings is 1. The Kier molecular flexibility index (Phi) is 4.60. The molecular formula is C18H25NO4S. The van der Waals surface area contributed by atoms with E-state index in [1.54, 1.807) is 4.90 Å². The number of carboxylic acids is 1. The highest BCUT2D eigenvalue weighted by Crippen LogP contribution is 2.42. The summed E-state index contributed by atoms with van der Waals surface area (Å²) < 4.78 is 5.31. The van der Waals surface area contributed by atoms with Crippen molar-refractivity contribution in [1.82, 2.24) is 0 Å². The minimum absolute atomic E-state index is 0.0432. The summed E-state index contributed by atoms with van der Waals surface area (Å²) >= 11 is 1.26. The zero-order chi connectivity index (χ0) is 17.5. The smallest absolute Gasteiger partial charge is 0.414 e. The topological polar surface area (TPSA) is 66.8 Å². The Morgan fingerprint density at radius 2 is 1.96 bits per heavy atom. The Morgan fingerprint density at radius 3 is 2.54 bits per heavy atom. The van der Waals surface area contributed by atoms with Gasteiger partial charge in [0.05, 0.1) is 11.7 Å². The third-order valence-corrected chi connectivity index (χ3v) is 6.54. The largest absolute Gasteiger partial charge is 0.477 e. The van der Waals surface area contributed by atoms with Crippen LogP contribution in [0.3, 0.4) is 0 Å². The van der Waals surface area contributed by atoms with Crippen LogP contribution in [0.4, 0.5) is 10.5 Å². The summed E-state index contributed by atoms with van der Waals surface area (Å²) in [5, 5.41) is 9.62. The number of carboxylic acid groups (broad SMARTS) is 1. The molecule has 1 aliphatic carbocycles. The van der Waals surface area contributed by atoms with E-state index in [1.807, 2.05) is 6.07 Å². The number of rotatable bonds is 3. The summed E-state index contributed by atoms with van der Waals surface area (Å²) in [7, 11) is 0. The van der Waals surface area contributed by atoms with Crippen LogP contribution in [0.2, 0.25) is 0 Å². The first-order chi connectivity index (χ1) is 11.3. The van der Waals surface area contributed by atoms with Gasteiger partial charge in [0.1, 0.15) is 11.5 Å². The zero-order valence-electron chi connectivity index (χ0n) is 14.5. The summed E-state index contributed by atoms with van der Waals surface area (Å²) in [6, 6.07) is 1.83. The minimum atomic E-state index is -0.979. The number of hydrogen-bond donors (Lipinski definition) is 1. The first-order valence-electron chi connectivity index (χ1n) is 8.62. The molecule has 132 valence electrons. The molecule has 2 fully saturated rings. The number of ether oxygens (including phenoxy) is 1. The average molecular weight is 351 g/mol. The van der Waals surface area contributed by atoms with Gasteiger partial charge in [0, 0.05) is 4.88 Å². The lowest BCUT2D eigenvalue weighted by atomic mass is 9.83. The molecule has 2 heterocycles. The number of carbonyl (C=O) groups is 2. The molecule has 0 aromatic carbocycles. The van der Waals surface area contributed by atoms with Gasteiger partial charge in [-0.3, -0.25) is 4.90 Å². The number of cyclic esters (lactones) is 1. The maximum absolute atomic E-state index is 12.4. The molecule has 0 bridgehead atoms. The van der Waals surface area contributed by atoms with E-state index in [2.05, 4.69) is 20.8 Å². The van der Waals surface area contributed by atoms with E-state index in [1.165, 1.54) is 30.6 Å². The van der Waals surface area contributed by atoms with Gasteiger partial charge in [0.2, 0.25) is 0 Å². The molecule has 24 heavy (non-hydrogen) atoms. The average Bonchev–Trinajstić information content (AvgIpc) is 3.11. The lowest BCUT2D eigenvalue weighted by molar-refractivity contribution is 0.0703. The fourth-order valence-electron chi connectivity index (χ4n) is 3.66. The van der Waals surface area contributed by atoms with Gasteiger partial charge in [-0.2, -0.15) is 0 Å². The molecule has 1 aromatic heterocycles. The lowest BCUT2D eigenvalue weighted by Crippen LogP contribution is -2.40. The lowest BCUT2D eigenvalue weighted by Gasteiger charge is -2.31. The monoisotopic (exact) mass is 351 g/mol. The first-order valence-corrected chi connectivity index (χ1v) is 9.44. The van der Waals surface area contributed by atoms with E-state index in [0.29, 0.717) is 18.2 Å². The van der Waals surface area contributed by atoms with Crippen molar-refractivity contribution >= 4 is 29.1 Å². The van der Waals surface area contributed by atoms with Crippen LogP contribution in [0.15, 0.2) is 6.07 Å². The van der Waals surface area contributed by atoms with Gasteiger partial charge in [-0.1, -0.05) is 40.0 Å². The Hall–Kier alpha value is -1.56. The summed E-state index contributed by atoms with van der Waals surface area (Å²) in [5.74, 6) is -0.586. The quantitative estimate of drug-likeness (QED) is 0.861. The molecule has 1 atom stereocenters. The Bertz CT molecular complexity index is 640. The molecule has 1 amide bonds. The molecule has 1 saturated heterocycles. The fourth-order valence-corrected chi connectivity index (χ4v) is 4.71. The van der Waals surface area contributed by atoms with Crippen LogP contribution in [0.25, 0.3) is 0 Å². The number of anilines is 1. The molecule has 1 aliphatic heterocycles. The van der Waals surface area contributed by atoms with Crippen molar-refractivity contribution in [3.63, 3.8) is 0 Å². The van der Waals surface area contributed by atoms with E-state index < -0.39 is 12.1 Å². The highest BCUT2D eigenvalue weighted by atomic mass is 32.1. The highest BCUT2D eigenvalue weighted by Gasteiger charge is 2.42. The van der Waals surface area contributed by atoms with Crippen LogP contribution in [-0.2, 0) is 10.2 Å². The number of aromatic carboxylic acids is 1. The van der Waals surface area contributed by atoms with Crippen LogP contribution < -0.4 is 4.90 Å². The van der Waals surface area contributed by atoms with Crippen LogP contribution in [-0.4, -0.2) is 29.8 Å². The highest BCUT2D eigenvalue weighted by molar-refractivity contribution is 7.14. The molecule has 3 rings (SSSR count). The van der Waals surface area contributed by atoms with E-state index in [9.17, 15) is 14.7 Å². The van der Waals surface area contributed by atoms with Gasteiger partial charge in [-0.05, 0) is 30.2 Å². The van der Waals surface area contributed by atoms with Crippen molar-refractivity contribution in [2.75, 3.05) is 11.5 Å². The molecule has 2 aliphatic rings. The molecule has 1 aromatic rings. The summed E-state index contributed by atoms with van der Waals surface area (Å²) in [6.45, 7) is 6.52. The van der Waals surface area contributed by atoms with Gasteiger partial charge < -0.3 is 9.84 Å². The molecule has 1 saturated carbocycles. The van der Waals surface area contributed by atoms with Crippen molar-refractivity contribution in [3.05, 3.63) is 15.8 Å². The second-order valence-corrected chi connectivity index (χ2v) is 8.84. The first kappa shape index (κ1) is 17.3. The number of hydrogen-bond acceptors (Lipinski definition) is 4. The predicted molar refractivity (Wildman–Crippen MR) is 94.2 cm³/mol. The number of carbonyl (C=O) groups excluding carboxylic acids is 1. The van der Waals surface area contributed by atoms with Crippen LogP contribution in [0.5, 0.6) is 0 Å². The molecule has 5 nitrogen and oxygen atoms in total. The maximum Gasteiger partial charge on any atom is 0.414 e. The van der Waals surface area contributed by atoms with Gasteiger partial charge in [0.25, 0.3) is 0 Å². The van der Waals surface area contributed by atoms with E-state index in [0.717, 1.165) is 17.7 Å². The van der Waals surface area contributed by atoms with Gasteiger partial charge in [-0.15, -0.1) is 11.3 Å². The van der Waals surface area contributed by atoms with Crippen molar-refractivity contribution in [1.29, 1.82) is 0 Å². The SMILES string of the molecule is CC(C)(C)c1cc(N2C(=O)OC[C@H]2C2CCCCC2)c(C(=O)O)s1. The summed E-state index contributed by atoms with van der Waals surface area (Å²) in [5.41, 5.74) is 0.354. The summed E-state index contributed by atoms with van der Waals surface area (Å²) in [4.78, 5) is 26.9. The molecule has 1 N–H and O–H groups in total. The third-order valence-electron chi connectivity index (χ3n) is 5.01. The molecule has 0 radical (unpaired) electrons. The van der Waals surface area contributed by atoms with Crippen molar-refractivity contribution in [2.24, 2.45) is 5.92 Å². The van der Waals surface area contributed by atoms with E-state index in [-0.39, 0.29) is 16.3 Å². The van der Waals surface area contributed by atoms with Gasteiger partial charge in [-0.25, -0.2) is 9.59 Å². The standard InChI is InChI=1S/C18H25NO4S/c1-18(2,3)14-9-12(15(24-14)16(20)21)19-13(10-23-17(19)22)11-7-5-4-6-8-11/h9,11,13H,4-8,10H2,1-3H3,(H,20,21)/t13-/m0/s1. The van der Waals surface area contributed by atoms with Crippen LogP contribution in [0.1, 0.15) is 67.4 Å². The minimum Gasteiger partial charge on any atom is -0.477 e.